The van der Waals surface area contributed by atoms with Crippen LogP contribution in [0.4, 0.5) is 5.69 Å². The van der Waals surface area contributed by atoms with Crippen LogP contribution in [0.1, 0.15) is 15.9 Å². The van der Waals surface area contributed by atoms with Crippen LogP contribution < -0.4 is 15.7 Å². The van der Waals surface area contributed by atoms with Gasteiger partial charge in [-0.2, -0.15) is 4.73 Å². The maximum Gasteiger partial charge on any atom is 0.295 e. The first-order valence-corrected chi connectivity index (χ1v) is 7.97. The summed E-state index contributed by atoms with van der Waals surface area (Å²) in [6.07, 6.45) is 1.48. The second-order valence-electron chi connectivity index (χ2n) is 5.27. The van der Waals surface area contributed by atoms with E-state index in [0.29, 0.717) is 10.7 Å². The Bertz CT molecular complexity index is 921. The van der Waals surface area contributed by atoms with E-state index in [4.69, 9.17) is 16.4 Å². The van der Waals surface area contributed by atoms with E-state index in [1.54, 1.807) is 30.3 Å². The van der Waals surface area contributed by atoms with Crippen LogP contribution in [0, 0.1) is 0 Å². The molecule has 0 saturated heterocycles. The van der Waals surface area contributed by atoms with Gasteiger partial charge < -0.3 is 10.2 Å². The number of carbonyl (C=O) groups excluding carboxylic acids is 1. The van der Waals surface area contributed by atoms with E-state index >= 15 is 0 Å². The van der Waals surface area contributed by atoms with Gasteiger partial charge in [-0.15, -0.1) is 0 Å². The van der Waals surface area contributed by atoms with Crippen LogP contribution in [0.5, 0.6) is 0 Å². The standard InChI is InChI=1S/C19H15ClN2O3/c20-15-8-10-16(11-9-15)21-18(23)17-7-4-12-22(19(17)24)25-13-14-5-2-1-3-6-14/h1-12H,13H2,(H,21,23). The van der Waals surface area contributed by atoms with E-state index in [9.17, 15) is 9.59 Å². The Balaban J connectivity index is 1.75. The van der Waals surface area contributed by atoms with Crippen LogP contribution in [-0.2, 0) is 6.61 Å². The van der Waals surface area contributed by atoms with Gasteiger partial charge in [0.05, 0.1) is 0 Å². The molecule has 0 bridgehead atoms. The summed E-state index contributed by atoms with van der Waals surface area (Å²) in [6, 6.07) is 19.1. The first-order chi connectivity index (χ1) is 12.1. The minimum absolute atomic E-state index is 0.00879. The van der Waals surface area contributed by atoms with Gasteiger partial charge >= 0.3 is 0 Å². The lowest BCUT2D eigenvalue weighted by molar-refractivity contribution is 0.0863. The number of anilines is 1. The number of aromatic nitrogens is 1. The molecular formula is C19H15ClN2O3. The third-order valence-corrected chi connectivity index (χ3v) is 3.73. The summed E-state index contributed by atoms with van der Waals surface area (Å²) < 4.78 is 1.06. The second-order valence-corrected chi connectivity index (χ2v) is 5.71. The summed E-state index contributed by atoms with van der Waals surface area (Å²) in [4.78, 5) is 30.3. The number of pyridine rings is 1. The molecular weight excluding hydrogens is 340 g/mol. The number of hydrogen-bond acceptors (Lipinski definition) is 3. The molecule has 0 saturated carbocycles. The van der Waals surface area contributed by atoms with Crippen LogP contribution in [0.3, 0.4) is 0 Å². The Labute approximate surface area is 149 Å². The van der Waals surface area contributed by atoms with E-state index < -0.39 is 11.5 Å². The molecule has 0 aliphatic rings. The number of carbonyl (C=O) groups is 1. The van der Waals surface area contributed by atoms with E-state index in [1.807, 2.05) is 30.3 Å². The Morgan fingerprint density at radius 3 is 2.44 bits per heavy atom. The van der Waals surface area contributed by atoms with Gasteiger partial charge in [0.2, 0.25) is 0 Å². The molecule has 6 heteroatoms. The number of hydrogen-bond donors (Lipinski definition) is 1. The van der Waals surface area contributed by atoms with Crippen LogP contribution in [0.25, 0.3) is 0 Å². The van der Waals surface area contributed by atoms with Gasteiger partial charge in [-0.3, -0.25) is 9.59 Å². The van der Waals surface area contributed by atoms with Crippen molar-refractivity contribution in [2.24, 2.45) is 0 Å². The summed E-state index contributed by atoms with van der Waals surface area (Å²) in [5.74, 6) is -0.509. The number of halogens is 1. The number of nitrogens with one attached hydrogen (secondary N) is 1. The van der Waals surface area contributed by atoms with Crippen LogP contribution >= 0.6 is 11.6 Å². The third kappa shape index (κ3) is 4.28. The molecule has 0 unspecified atom stereocenters. The van der Waals surface area contributed by atoms with Crippen molar-refractivity contribution in [3.8, 4) is 0 Å². The summed E-state index contributed by atoms with van der Waals surface area (Å²) >= 11 is 5.81. The van der Waals surface area contributed by atoms with Crippen molar-refractivity contribution < 1.29 is 9.63 Å². The fraction of sp³-hybridized carbons (Fsp3) is 0.0526. The first-order valence-electron chi connectivity index (χ1n) is 7.59. The van der Waals surface area contributed by atoms with Crippen LogP contribution in [0.15, 0.2) is 77.7 Å². The molecule has 0 atom stereocenters. The molecule has 25 heavy (non-hydrogen) atoms. The van der Waals surface area contributed by atoms with Gasteiger partial charge in [0.15, 0.2) is 0 Å². The van der Waals surface area contributed by atoms with Gasteiger partial charge in [-0.25, -0.2) is 0 Å². The third-order valence-electron chi connectivity index (χ3n) is 3.47. The molecule has 0 aliphatic heterocycles. The van der Waals surface area contributed by atoms with Gasteiger partial charge in [-0.05, 0) is 42.0 Å². The lowest BCUT2D eigenvalue weighted by Crippen LogP contribution is -2.32. The minimum Gasteiger partial charge on any atom is -0.406 e. The molecule has 3 rings (SSSR count). The van der Waals surface area contributed by atoms with E-state index in [1.165, 1.54) is 12.3 Å². The zero-order valence-corrected chi connectivity index (χ0v) is 13.9. The zero-order valence-electron chi connectivity index (χ0n) is 13.2. The fourth-order valence-corrected chi connectivity index (χ4v) is 2.33. The van der Waals surface area contributed by atoms with Crippen molar-refractivity contribution >= 4 is 23.2 Å². The summed E-state index contributed by atoms with van der Waals surface area (Å²) in [5.41, 5.74) is 0.940. The summed E-state index contributed by atoms with van der Waals surface area (Å²) in [6.45, 7) is 0.225. The van der Waals surface area contributed by atoms with Crippen LogP contribution in [-0.4, -0.2) is 10.6 Å². The van der Waals surface area contributed by atoms with Gasteiger partial charge in [0.25, 0.3) is 11.5 Å². The first kappa shape index (κ1) is 16.8. The number of nitrogens with zero attached hydrogens (tertiary/aromatic N) is 1. The van der Waals surface area contributed by atoms with Gasteiger partial charge in [-0.1, -0.05) is 41.9 Å². The molecule has 5 nitrogen and oxygen atoms in total. The summed E-state index contributed by atoms with van der Waals surface area (Å²) in [7, 11) is 0. The second kappa shape index (κ2) is 7.68. The highest BCUT2D eigenvalue weighted by atomic mass is 35.5. The van der Waals surface area contributed by atoms with Crippen LogP contribution in [0.2, 0.25) is 5.02 Å². The van der Waals surface area contributed by atoms with Crippen molar-refractivity contribution in [2.75, 3.05) is 5.32 Å². The fourth-order valence-electron chi connectivity index (χ4n) is 2.20. The molecule has 1 aromatic heterocycles. The molecule has 1 N–H and O–H groups in total. The maximum atomic E-state index is 12.4. The minimum atomic E-state index is -0.523. The highest BCUT2D eigenvalue weighted by Gasteiger charge is 2.13. The van der Waals surface area contributed by atoms with Gasteiger partial charge in [0.1, 0.15) is 12.2 Å². The highest BCUT2D eigenvalue weighted by Crippen LogP contribution is 2.13. The maximum absolute atomic E-state index is 12.4. The lowest BCUT2D eigenvalue weighted by Gasteiger charge is -2.10. The molecule has 0 fully saturated rings. The SMILES string of the molecule is O=C(Nc1ccc(Cl)cc1)c1cccn(OCc2ccccc2)c1=O. The zero-order chi connectivity index (χ0) is 17.6. The van der Waals surface area contributed by atoms with E-state index in [0.717, 1.165) is 10.3 Å². The predicted molar refractivity (Wildman–Crippen MR) is 96.8 cm³/mol. The molecule has 126 valence electrons. The van der Waals surface area contributed by atoms with Crippen molar-refractivity contribution in [3.63, 3.8) is 0 Å². The molecule has 2 aromatic carbocycles. The van der Waals surface area contributed by atoms with Crippen molar-refractivity contribution in [2.45, 2.75) is 6.61 Å². The average molecular weight is 355 g/mol. The Morgan fingerprint density at radius 1 is 1.00 bits per heavy atom. The molecule has 1 amide bonds. The quantitative estimate of drug-likeness (QED) is 0.764. The lowest BCUT2D eigenvalue weighted by atomic mass is 10.2. The Morgan fingerprint density at radius 2 is 1.72 bits per heavy atom. The number of benzene rings is 2. The highest BCUT2D eigenvalue weighted by molar-refractivity contribution is 6.30. The molecule has 3 aromatic rings. The molecule has 0 spiro atoms. The van der Waals surface area contributed by atoms with Crippen molar-refractivity contribution in [1.29, 1.82) is 0 Å². The van der Waals surface area contributed by atoms with Crippen molar-refractivity contribution in [1.82, 2.24) is 4.73 Å². The normalized spacial score (nSPS) is 10.3. The monoisotopic (exact) mass is 354 g/mol. The van der Waals surface area contributed by atoms with Gasteiger partial charge in [0, 0.05) is 16.9 Å². The molecule has 0 radical (unpaired) electrons. The van der Waals surface area contributed by atoms with Crippen molar-refractivity contribution in [3.05, 3.63) is 99.4 Å². The topological polar surface area (TPSA) is 60.3 Å². The van der Waals surface area contributed by atoms with E-state index in [2.05, 4.69) is 5.32 Å². The number of amides is 1. The Kier molecular flexibility index (Phi) is 5.16. The van der Waals surface area contributed by atoms with E-state index in [-0.39, 0.29) is 12.2 Å². The number of rotatable bonds is 5. The Hall–Kier alpha value is -3.05. The molecule has 0 aliphatic carbocycles. The largest absolute Gasteiger partial charge is 0.406 e. The summed E-state index contributed by atoms with van der Waals surface area (Å²) in [5, 5.41) is 3.23. The smallest absolute Gasteiger partial charge is 0.295 e. The average Bonchev–Trinajstić information content (AvgIpc) is 2.63. The molecule has 1 heterocycles. The predicted octanol–water partition coefficient (Wildman–Crippen LogP) is 3.38.